The maximum Gasteiger partial charge on any atom is 0.328 e. The second-order valence-corrected chi connectivity index (χ2v) is 4.39. The number of carbonyl (C=O) groups is 1. The molecule has 0 spiro atoms. The highest BCUT2D eigenvalue weighted by Crippen LogP contribution is 2.30. The van der Waals surface area contributed by atoms with Crippen LogP contribution in [0.2, 0.25) is 5.02 Å². The molecule has 0 radical (unpaired) electrons. The van der Waals surface area contributed by atoms with Crippen LogP contribution in [0.1, 0.15) is 5.56 Å². The average Bonchev–Trinajstić information content (AvgIpc) is 2.37. The van der Waals surface area contributed by atoms with Crippen LogP contribution in [0.4, 0.5) is 0 Å². The quantitative estimate of drug-likeness (QED) is 0.837. The van der Waals surface area contributed by atoms with Crippen molar-refractivity contribution >= 4 is 23.6 Å². The van der Waals surface area contributed by atoms with Gasteiger partial charge < -0.3 is 14.9 Å². The third-order valence-corrected chi connectivity index (χ3v) is 2.66. The minimum atomic E-state index is -1.06. The second kappa shape index (κ2) is 6.12. The Bertz CT molecular complexity index is 665. The molecule has 4 nitrogen and oxygen atoms in total. The SMILES string of the molecule is O=C(O)C=Cc1ccc(O)cc1Oc1cccc(Cl)c1. The first-order chi connectivity index (χ1) is 9.54. The topological polar surface area (TPSA) is 66.8 Å². The number of carboxylic acid groups (broad SMARTS) is 1. The maximum atomic E-state index is 10.6. The summed E-state index contributed by atoms with van der Waals surface area (Å²) in [6.07, 6.45) is 2.39. The van der Waals surface area contributed by atoms with Crippen LogP contribution in [0, 0.1) is 0 Å². The number of halogens is 1. The lowest BCUT2D eigenvalue weighted by molar-refractivity contribution is -0.131. The summed E-state index contributed by atoms with van der Waals surface area (Å²) in [5, 5.41) is 18.7. The lowest BCUT2D eigenvalue weighted by Gasteiger charge is -2.09. The molecule has 102 valence electrons. The fourth-order valence-corrected chi connectivity index (χ4v) is 1.75. The van der Waals surface area contributed by atoms with Crippen molar-refractivity contribution in [1.29, 1.82) is 0 Å². The summed E-state index contributed by atoms with van der Waals surface area (Å²) in [4.78, 5) is 10.6. The van der Waals surface area contributed by atoms with Crippen molar-refractivity contribution in [2.45, 2.75) is 0 Å². The molecule has 2 rings (SSSR count). The van der Waals surface area contributed by atoms with E-state index in [9.17, 15) is 9.90 Å². The van der Waals surface area contributed by atoms with E-state index in [1.54, 1.807) is 30.3 Å². The highest BCUT2D eigenvalue weighted by atomic mass is 35.5. The Balaban J connectivity index is 2.34. The summed E-state index contributed by atoms with van der Waals surface area (Å²) in [7, 11) is 0. The van der Waals surface area contributed by atoms with Gasteiger partial charge in [0.1, 0.15) is 17.2 Å². The third-order valence-electron chi connectivity index (χ3n) is 2.43. The van der Waals surface area contributed by atoms with Crippen molar-refractivity contribution < 1.29 is 19.7 Å². The molecule has 0 unspecified atom stereocenters. The molecule has 0 saturated heterocycles. The highest BCUT2D eigenvalue weighted by Gasteiger charge is 2.05. The Kier molecular flexibility index (Phi) is 4.27. The van der Waals surface area contributed by atoms with Gasteiger partial charge >= 0.3 is 5.97 Å². The first-order valence-electron chi connectivity index (χ1n) is 5.72. The molecule has 0 aliphatic heterocycles. The van der Waals surface area contributed by atoms with Gasteiger partial charge in [-0.1, -0.05) is 17.7 Å². The van der Waals surface area contributed by atoms with Gasteiger partial charge in [0.2, 0.25) is 0 Å². The Morgan fingerprint density at radius 3 is 2.70 bits per heavy atom. The zero-order valence-corrected chi connectivity index (χ0v) is 11.0. The van der Waals surface area contributed by atoms with Crippen molar-refractivity contribution in [3.05, 3.63) is 59.1 Å². The molecule has 2 aromatic rings. The summed E-state index contributed by atoms with van der Waals surface area (Å²) in [5.74, 6) is -0.209. The van der Waals surface area contributed by atoms with Gasteiger partial charge in [-0.25, -0.2) is 4.79 Å². The number of phenolic OH excluding ortho intramolecular Hbond substituents is 1. The molecular weight excluding hydrogens is 280 g/mol. The van der Waals surface area contributed by atoms with Gasteiger partial charge in [0.25, 0.3) is 0 Å². The largest absolute Gasteiger partial charge is 0.508 e. The van der Waals surface area contributed by atoms with Crippen LogP contribution in [0.3, 0.4) is 0 Å². The molecule has 0 aliphatic rings. The number of ether oxygens (including phenoxy) is 1. The fraction of sp³-hybridized carbons (Fsp3) is 0. The van der Waals surface area contributed by atoms with Gasteiger partial charge in [0.15, 0.2) is 0 Å². The minimum Gasteiger partial charge on any atom is -0.508 e. The molecule has 0 heterocycles. The Labute approximate surface area is 120 Å². The second-order valence-electron chi connectivity index (χ2n) is 3.95. The van der Waals surface area contributed by atoms with Gasteiger partial charge in [-0.3, -0.25) is 0 Å². The number of benzene rings is 2. The van der Waals surface area contributed by atoms with E-state index >= 15 is 0 Å². The first-order valence-corrected chi connectivity index (χ1v) is 6.10. The van der Waals surface area contributed by atoms with Gasteiger partial charge in [-0.05, 0) is 36.4 Å². The van der Waals surface area contributed by atoms with E-state index in [-0.39, 0.29) is 5.75 Å². The molecule has 0 atom stereocenters. The molecule has 2 aromatic carbocycles. The van der Waals surface area contributed by atoms with Gasteiger partial charge in [-0.15, -0.1) is 0 Å². The van der Waals surface area contributed by atoms with Crippen LogP contribution in [0.25, 0.3) is 6.08 Å². The van der Waals surface area contributed by atoms with E-state index in [0.717, 1.165) is 6.08 Å². The van der Waals surface area contributed by atoms with Crippen LogP contribution in [-0.2, 0) is 4.79 Å². The van der Waals surface area contributed by atoms with Crippen molar-refractivity contribution in [1.82, 2.24) is 0 Å². The molecule has 2 N–H and O–H groups in total. The van der Waals surface area contributed by atoms with Crippen LogP contribution < -0.4 is 4.74 Å². The Hall–Kier alpha value is -2.46. The number of hydrogen-bond donors (Lipinski definition) is 2. The summed E-state index contributed by atoms with van der Waals surface area (Å²) < 4.78 is 5.61. The number of rotatable bonds is 4. The lowest BCUT2D eigenvalue weighted by atomic mass is 10.1. The normalized spacial score (nSPS) is 10.7. The average molecular weight is 291 g/mol. The van der Waals surface area contributed by atoms with Crippen molar-refractivity contribution in [2.75, 3.05) is 0 Å². The van der Waals surface area contributed by atoms with Gasteiger partial charge in [0, 0.05) is 22.7 Å². The predicted octanol–water partition coefficient (Wildman–Crippen LogP) is 3.94. The highest BCUT2D eigenvalue weighted by molar-refractivity contribution is 6.30. The zero-order chi connectivity index (χ0) is 14.5. The van der Waals surface area contributed by atoms with E-state index in [1.165, 1.54) is 18.2 Å². The van der Waals surface area contributed by atoms with Crippen LogP contribution >= 0.6 is 11.6 Å². The molecule has 20 heavy (non-hydrogen) atoms. The molecule has 0 saturated carbocycles. The summed E-state index contributed by atoms with van der Waals surface area (Å²) in [6, 6.07) is 11.2. The summed E-state index contributed by atoms with van der Waals surface area (Å²) in [6.45, 7) is 0. The van der Waals surface area contributed by atoms with Crippen LogP contribution in [-0.4, -0.2) is 16.2 Å². The predicted molar refractivity (Wildman–Crippen MR) is 76.3 cm³/mol. The Morgan fingerprint density at radius 1 is 1.20 bits per heavy atom. The summed E-state index contributed by atoms with van der Waals surface area (Å²) in [5.41, 5.74) is 0.533. The van der Waals surface area contributed by atoms with Crippen molar-refractivity contribution in [2.24, 2.45) is 0 Å². The monoisotopic (exact) mass is 290 g/mol. The lowest BCUT2D eigenvalue weighted by Crippen LogP contribution is -1.89. The van der Waals surface area contributed by atoms with E-state index in [2.05, 4.69) is 0 Å². The van der Waals surface area contributed by atoms with Crippen LogP contribution in [0.5, 0.6) is 17.2 Å². The van der Waals surface area contributed by atoms with E-state index < -0.39 is 5.97 Å². The standard InChI is InChI=1S/C15H11ClO4/c16-11-2-1-3-13(8-11)20-14-9-12(17)6-4-10(14)5-7-15(18)19/h1-9,17H,(H,18,19). The van der Waals surface area contributed by atoms with E-state index in [1.807, 2.05) is 0 Å². The maximum absolute atomic E-state index is 10.6. The minimum absolute atomic E-state index is 0.0227. The molecule has 5 heteroatoms. The molecular formula is C15H11ClO4. The molecule has 0 amide bonds. The summed E-state index contributed by atoms with van der Waals surface area (Å²) >= 11 is 5.86. The first kappa shape index (κ1) is 14.0. The molecule has 0 aliphatic carbocycles. The number of aliphatic carboxylic acids is 1. The number of aromatic hydroxyl groups is 1. The number of phenols is 1. The molecule has 0 aromatic heterocycles. The molecule has 0 fully saturated rings. The molecule has 0 bridgehead atoms. The third kappa shape index (κ3) is 3.76. The van der Waals surface area contributed by atoms with Gasteiger partial charge in [-0.2, -0.15) is 0 Å². The van der Waals surface area contributed by atoms with Gasteiger partial charge in [0.05, 0.1) is 0 Å². The van der Waals surface area contributed by atoms with Crippen molar-refractivity contribution in [3.8, 4) is 17.2 Å². The van der Waals surface area contributed by atoms with E-state index in [0.29, 0.717) is 22.1 Å². The number of hydrogen-bond acceptors (Lipinski definition) is 3. The Morgan fingerprint density at radius 2 is 2.00 bits per heavy atom. The van der Waals surface area contributed by atoms with Crippen molar-refractivity contribution in [3.63, 3.8) is 0 Å². The number of carboxylic acids is 1. The van der Waals surface area contributed by atoms with E-state index in [4.69, 9.17) is 21.4 Å². The van der Waals surface area contributed by atoms with Crippen LogP contribution in [0.15, 0.2) is 48.5 Å². The zero-order valence-electron chi connectivity index (χ0n) is 10.3. The smallest absolute Gasteiger partial charge is 0.328 e. The fourth-order valence-electron chi connectivity index (χ4n) is 1.57.